The number of hydrogen-bond donors (Lipinski definition) is 1. The first-order valence-electron chi connectivity index (χ1n) is 3.03. The molecule has 1 aromatic rings. The molecular weight excluding hydrogens is 166 g/mol. The summed E-state index contributed by atoms with van der Waals surface area (Å²) in [6.07, 6.45) is 0. The number of rotatable bonds is 1. The van der Waals surface area contributed by atoms with Gasteiger partial charge in [-0.1, -0.05) is 0 Å². The van der Waals surface area contributed by atoms with Crippen molar-refractivity contribution in [2.24, 2.45) is 7.05 Å². The summed E-state index contributed by atoms with van der Waals surface area (Å²) >= 11 is 5.25. The van der Waals surface area contributed by atoms with Crippen molar-refractivity contribution in [1.29, 1.82) is 0 Å². The molecule has 1 heterocycles. The number of aryl methyl sites for hydroxylation is 2. The minimum atomic E-state index is -0.562. The van der Waals surface area contributed by atoms with Crippen LogP contribution >= 0.6 is 11.6 Å². The largest absolute Gasteiger partial charge is 0.383 e. The van der Waals surface area contributed by atoms with Gasteiger partial charge in [-0.2, -0.15) is 5.10 Å². The van der Waals surface area contributed by atoms with Crippen LogP contribution in [0.4, 0.5) is 5.82 Å². The van der Waals surface area contributed by atoms with Crippen LogP contribution in [-0.4, -0.2) is 15.0 Å². The van der Waals surface area contributed by atoms with E-state index in [1.54, 1.807) is 14.0 Å². The van der Waals surface area contributed by atoms with E-state index < -0.39 is 5.24 Å². The predicted octanol–water partition coefficient (Wildman–Crippen LogP) is 0.690. The Kier molecular flexibility index (Phi) is 1.87. The molecule has 0 saturated heterocycles. The number of nitrogens with zero attached hydrogens (tertiary/aromatic N) is 2. The van der Waals surface area contributed by atoms with Gasteiger partial charge in [0.15, 0.2) is 0 Å². The predicted molar refractivity (Wildman–Crippen MR) is 42.5 cm³/mol. The van der Waals surface area contributed by atoms with E-state index in [-0.39, 0.29) is 0 Å². The molecule has 0 fully saturated rings. The number of carbonyl (C=O) groups excluding carboxylic acids is 1. The Morgan fingerprint density at radius 2 is 2.27 bits per heavy atom. The maximum absolute atomic E-state index is 10.7. The molecule has 0 atom stereocenters. The van der Waals surface area contributed by atoms with Crippen LogP contribution in [0.1, 0.15) is 16.1 Å². The first kappa shape index (κ1) is 8.07. The van der Waals surface area contributed by atoms with Crippen molar-refractivity contribution in [3.05, 3.63) is 11.3 Å². The van der Waals surface area contributed by atoms with E-state index in [1.807, 2.05) is 0 Å². The van der Waals surface area contributed by atoms with Crippen molar-refractivity contribution in [1.82, 2.24) is 9.78 Å². The first-order valence-corrected chi connectivity index (χ1v) is 3.40. The standard InChI is InChI=1S/C6H8ClN3O/c1-3-4(5(7)11)6(8)10(2)9-3/h8H2,1-2H3. The Hall–Kier alpha value is -1.03. The smallest absolute Gasteiger partial charge is 0.258 e. The van der Waals surface area contributed by atoms with Gasteiger partial charge in [0.2, 0.25) is 0 Å². The average molecular weight is 174 g/mol. The molecule has 11 heavy (non-hydrogen) atoms. The molecule has 60 valence electrons. The second-order valence-electron chi connectivity index (χ2n) is 2.24. The molecule has 0 unspecified atom stereocenters. The molecule has 0 saturated carbocycles. The first-order chi connectivity index (χ1) is 5.04. The summed E-state index contributed by atoms with van der Waals surface area (Å²) in [5.41, 5.74) is 6.36. The molecule has 1 rings (SSSR count). The Bertz CT molecular complexity index is 305. The van der Waals surface area contributed by atoms with Crippen LogP contribution in [0.2, 0.25) is 0 Å². The van der Waals surface area contributed by atoms with E-state index in [4.69, 9.17) is 17.3 Å². The van der Waals surface area contributed by atoms with E-state index in [0.717, 1.165) is 0 Å². The van der Waals surface area contributed by atoms with E-state index in [0.29, 0.717) is 17.1 Å². The van der Waals surface area contributed by atoms with Gasteiger partial charge in [0.05, 0.1) is 11.3 Å². The SMILES string of the molecule is Cc1nn(C)c(N)c1C(=O)Cl. The van der Waals surface area contributed by atoms with Crippen molar-refractivity contribution >= 4 is 22.7 Å². The lowest BCUT2D eigenvalue weighted by molar-refractivity contribution is 0.108. The topological polar surface area (TPSA) is 60.9 Å². The molecule has 0 amide bonds. The maximum Gasteiger partial charge on any atom is 0.258 e. The fourth-order valence-electron chi connectivity index (χ4n) is 0.919. The monoisotopic (exact) mass is 173 g/mol. The lowest BCUT2D eigenvalue weighted by atomic mass is 10.3. The van der Waals surface area contributed by atoms with Gasteiger partial charge in [-0.3, -0.25) is 9.48 Å². The number of nitrogen functional groups attached to an aromatic ring is 1. The third kappa shape index (κ3) is 1.21. The molecule has 1 aromatic heterocycles. The second kappa shape index (κ2) is 2.54. The van der Waals surface area contributed by atoms with Gasteiger partial charge in [-0.05, 0) is 18.5 Å². The molecule has 0 aliphatic carbocycles. The molecule has 0 bridgehead atoms. The Balaban J connectivity index is 3.34. The normalized spacial score (nSPS) is 10.1. The highest BCUT2D eigenvalue weighted by Gasteiger charge is 2.15. The molecule has 0 aromatic carbocycles. The summed E-state index contributed by atoms with van der Waals surface area (Å²) in [7, 11) is 1.66. The summed E-state index contributed by atoms with van der Waals surface area (Å²) in [5.74, 6) is 0.308. The zero-order valence-corrected chi connectivity index (χ0v) is 7.01. The number of carbonyl (C=O) groups is 1. The fourth-order valence-corrected chi connectivity index (χ4v) is 1.15. The van der Waals surface area contributed by atoms with Gasteiger partial charge in [0, 0.05) is 7.05 Å². The number of aromatic nitrogens is 2. The number of hydrogen-bond acceptors (Lipinski definition) is 3. The van der Waals surface area contributed by atoms with Gasteiger partial charge < -0.3 is 5.73 Å². The Morgan fingerprint density at radius 3 is 2.45 bits per heavy atom. The lowest BCUT2D eigenvalue weighted by Gasteiger charge is -1.92. The fraction of sp³-hybridized carbons (Fsp3) is 0.333. The molecule has 0 spiro atoms. The van der Waals surface area contributed by atoms with Gasteiger partial charge in [0.25, 0.3) is 5.24 Å². The Labute approximate surface area is 68.9 Å². The Morgan fingerprint density at radius 1 is 1.73 bits per heavy atom. The zero-order chi connectivity index (χ0) is 8.59. The molecule has 4 nitrogen and oxygen atoms in total. The summed E-state index contributed by atoms with van der Waals surface area (Å²) in [4.78, 5) is 10.7. The molecule has 0 aliphatic rings. The molecule has 0 aliphatic heterocycles. The third-order valence-electron chi connectivity index (χ3n) is 1.46. The summed E-state index contributed by atoms with van der Waals surface area (Å²) in [5, 5.41) is 3.36. The van der Waals surface area contributed by atoms with Crippen molar-refractivity contribution in [2.45, 2.75) is 6.92 Å². The van der Waals surface area contributed by atoms with E-state index in [1.165, 1.54) is 4.68 Å². The highest BCUT2D eigenvalue weighted by atomic mass is 35.5. The van der Waals surface area contributed by atoms with Crippen molar-refractivity contribution in [2.75, 3.05) is 5.73 Å². The van der Waals surface area contributed by atoms with Crippen LogP contribution in [0, 0.1) is 6.92 Å². The van der Waals surface area contributed by atoms with Crippen LogP contribution in [0.3, 0.4) is 0 Å². The van der Waals surface area contributed by atoms with Crippen LogP contribution in [-0.2, 0) is 7.05 Å². The van der Waals surface area contributed by atoms with Gasteiger partial charge in [0.1, 0.15) is 5.82 Å². The molecular formula is C6H8ClN3O. The highest BCUT2D eigenvalue weighted by Crippen LogP contribution is 2.16. The summed E-state index contributed by atoms with van der Waals surface area (Å²) in [6.45, 7) is 1.69. The average Bonchev–Trinajstić information content (AvgIpc) is 2.07. The van der Waals surface area contributed by atoms with Crippen molar-refractivity contribution < 1.29 is 4.79 Å². The van der Waals surface area contributed by atoms with E-state index in [9.17, 15) is 4.79 Å². The number of halogens is 1. The number of nitrogens with two attached hydrogens (primary N) is 1. The van der Waals surface area contributed by atoms with Crippen LogP contribution in [0.5, 0.6) is 0 Å². The second-order valence-corrected chi connectivity index (χ2v) is 2.59. The minimum absolute atomic E-state index is 0.300. The molecule has 2 N–H and O–H groups in total. The van der Waals surface area contributed by atoms with Crippen molar-refractivity contribution in [3.63, 3.8) is 0 Å². The third-order valence-corrected chi connectivity index (χ3v) is 1.65. The van der Waals surface area contributed by atoms with Crippen LogP contribution in [0.25, 0.3) is 0 Å². The minimum Gasteiger partial charge on any atom is -0.383 e. The molecule has 5 heteroatoms. The zero-order valence-electron chi connectivity index (χ0n) is 6.26. The van der Waals surface area contributed by atoms with Crippen molar-refractivity contribution in [3.8, 4) is 0 Å². The van der Waals surface area contributed by atoms with Gasteiger partial charge in [-0.25, -0.2) is 0 Å². The van der Waals surface area contributed by atoms with Crippen LogP contribution < -0.4 is 5.73 Å². The lowest BCUT2D eigenvalue weighted by Crippen LogP contribution is -2.00. The highest BCUT2D eigenvalue weighted by molar-refractivity contribution is 6.68. The quantitative estimate of drug-likeness (QED) is 0.636. The van der Waals surface area contributed by atoms with E-state index >= 15 is 0 Å². The van der Waals surface area contributed by atoms with Crippen LogP contribution in [0.15, 0.2) is 0 Å². The molecule has 0 radical (unpaired) electrons. The number of anilines is 1. The van der Waals surface area contributed by atoms with Gasteiger partial charge >= 0.3 is 0 Å². The summed E-state index contributed by atoms with van der Waals surface area (Å²) in [6, 6.07) is 0. The maximum atomic E-state index is 10.7. The van der Waals surface area contributed by atoms with Gasteiger partial charge in [-0.15, -0.1) is 0 Å². The summed E-state index contributed by atoms with van der Waals surface area (Å²) < 4.78 is 1.42. The van der Waals surface area contributed by atoms with E-state index in [2.05, 4.69) is 5.10 Å².